The maximum Gasteiger partial charge on any atom is 0.342 e. The van der Waals surface area contributed by atoms with Gasteiger partial charge in [0.1, 0.15) is 16.9 Å². The van der Waals surface area contributed by atoms with E-state index < -0.39 is 17.2 Å². The number of hydrogen-bond donors (Lipinski definition) is 0. The topological polar surface area (TPSA) is 71.1 Å². The van der Waals surface area contributed by atoms with Crippen LogP contribution in [0.3, 0.4) is 0 Å². The minimum atomic E-state index is -0.833. The summed E-state index contributed by atoms with van der Waals surface area (Å²) >= 11 is 0. The van der Waals surface area contributed by atoms with Crippen molar-refractivity contribution in [1.82, 2.24) is 0 Å². The summed E-state index contributed by atoms with van der Waals surface area (Å²) in [5.74, 6) is -0.388. The Morgan fingerprint density at radius 3 is 2.33 bits per heavy atom. The van der Waals surface area contributed by atoms with Crippen LogP contribution in [0.4, 0.5) is 0 Å². The Morgan fingerprint density at radius 1 is 1.17 bits per heavy atom. The first kappa shape index (κ1) is 18.3. The van der Waals surface area contributed by atoms with Crippen molar-refractivity contribution in [2.75, 3.05) is 14.2 Å². The molecule has 6 heteroatoms. The lowest BCUT2D eigenvalue weighted by Crippen LogP contribution is -2.27. The number of carbonyl (C=O) groups is 2. The second kappa shape index (κ2) is 6.81. The lowest BCUT2D eigenvalue weighted by atomic mass is 10.1. The lowest BCUT2D eigenvalue weighted by Gasteiger charge is -2.21. The molecule has 0 unspecified atom stereocenters. The molecule has 0 radical (unpaired) electrons. The molecule has 1 fully saturated rings. The minimum absolute atomic E-state index is 0.203. The van der Waals surface area contributed by atoms with Crippen molar-refractivity contribution in [3.8, 4) is 5.75 Å². The first-order valence-electron chi connectivity index (χ1n) is 7.83. The van der Waals surface area contributed by atoms with Crippen molar-refractivity contribution in [2.45, 2.75) is 51.4 Å². The molecule has 1 aromatic rings. The quantitative estimate of drug-likeness (QED) is 0.744. The van der Waals surface area contributed by atoms with E-state index in [4.69, 9.17) is 18.9 Å². The van der Waals surface area contributed by atoms with Gasteiger partial charge in [0.25, 0.3) is 0 Å². The Kier molecular flexibility index (Phi) is 5.18. The zero-order valence-electron chi connectivity index (χ0n) is 14.8. The van der Waals surface area contributed by atoms with Gasteiger partial charge >= 0.3 is 11.9 Å². The highest BCUT2D eigenvalue weighted by molar-refractivity contribution is 5.93. The zero-order valence-corrected chi connectivity index (χ0v) is 14.8. The van der Waals surface area contributed by atoms with E-state index in [1.807, 2.05) is 0 Å². The van der Waals surface area contributed by atoms with Gasteiger partial charge in [-0.3, -0.25) is 0 Å². The van der Waals surface area contributed by atoms with Crippen molar-refractivity contribution < 1.29 is 28.5 Å². The van der Waals surface area contributed by atoms with Gasteiger partial charge in [0.2, 0.25) is 0 Å². The van der Waals surface area contributed by atoms with E-state index in [1.165, 1.54) is 14.2 Å². The fraction of sp³-hybridized carbons (Fsp3) is 0.556. The summed E-state index contributed by atoms with van der Waals surface area (Å²) < 4.78 is 21.1. The molecule has 132 valence electrons. The molecule has 0 amide bonds. The van der Waals surface area contributed by atoms with Crippen molar-refractivity contribution in [3.63, 3.8) is 0 Å². The standard InChI is InChI=1S/C18H24O6/c1-17(2,3)24-15(19)13-10-12(6-7-14(13)21-4)11-23-18(8-9-18)16(20)22-5/h6-7,10H,8-9,11H2,1-5H3. The molecule has 24 heavy (non-hydrogen) atoms. The van der Waals surface area contributed by atoms with Crippen LogP contribution in [-0.4, -0.2) is 37.4 Å². The molecule has 1 aliphatic rings. The normalized spacial score (nSPS) is 15.5. The number of esters is 2. The first-order chi connectivity index (χ1) is 11.2. The minimum Gasteiger partial charge on any atom is -0.496 e. The van der Waals surface area contributed by atoms with Crippen LogP contribution in [-0.2, 0) is 25.6 Å². The molecule has 6 nitrogen and oxygen atoms in total. The second-order valence-electron chi connectivity index (χ2n) is 6.81. The number of carbonyl (C=O) groups excluding carboxylic acids is 2. The van der Waals surface area contributed by atoms with Gasteiger partial charge < -0.3 is 18.9 Å². The smallest absolute Gasteiger partial charge is 0.342 e. The van der Waals surface area contributed by atoms with Gasteiger partial charge in [-0.2, -0.15) is 0 Å². The molecule has 0 atom stereocenters. The number of rotatable bonds is 6. The third kappa shape index (κ3) is 4.26. The van der Waals surface area contributed by atoms with Crippen molar-refractivity contribution in [2.24, 2.45) is 0 Å². The Labute approximate surface area is 142 Å². The molecule has 2 rings (SSSR count). The van der Waals surface area contributed by atoms with E-state index in [0.717, 1.165) is 5.56 Å². The fourth-order valence-corrected chi connectivity index (χ4v) is 2.27. The fourth-order valence-electron chi connectivity index (χ4n) is 2.27. The monoisotopic (exact) mass is 336 g/mol. The SMILES string of the molecule is COC(=O)C1(OCc2ccc(OC)c(C(=O)OC(C)(C)C)c2)CC1. The van der Waals surface area contributed by atoms with Crippen molar-refractivity contribution in [3.05, 3.63) is 29.3 Å². The van der Waals surface area contributed by atoms with E-state index in [0.29, 0.717) is 24.2 Å². The predicted molar refractivity (Wildman–Crippen MR) is 86.9 cm³/mol. The molecule has 0 heterocycles. The van der Waals surface area contributed by atoms with Crippen LogP contribution in [0.2, 0.25) is 0 Å². The Morgan fingerprint density at radius 2 is 1.83 bits per heavy atom. The summed E-state index contributed by atoms with van der Waals surface area (Å²) in [5, 5.41) is 0. The largest absolute Gasteiger partial charge is 0.496 e. The second-order valence-corrected chi connectivity index (χ2v) is 6.81. The van der Waals surface area contributed by atoms with E-state index in [2.05, 4.69) is 0 Å². The van der Waals surface area contributed by atoms with Gasteiger partial charge in [-0.1, -0.05) is 6.07 Å². The van der Waals surface area contributed by atoms with Crippen LogP contribution in [0.1, 0.15) is 49.5 Å². The van der Waals surface area contributed by atoms with Crippen LogP contribution < -0.4 is 4.74 Å². The van der Waals surface area contributed by atoms with Crippen molar-refractivity contribution >= 4 is 11.9 Å². The Bertz CT molecular complexity index is 625. The van der Waals surface area contributed by atoms with Gasteiger partial charge in [0, 0.05) is 0 Å². The van der Waals surface area contributed by atoms with Crippen LogP contribution in [0.15, 0.2) is 18.2 Å². The van der Waals surface area contributed by atoms with Gasteiger partial charge in [0.05, 0.1) is 20.8 Å². The average Bonchev–Trinajstić information content (AvgIpc) is 3.31. The maximum absolute atomic E-state index is 12.3. The first-order valence-corrected chi connectivity index (χ1v) is 7.83. The van der Waals surface area contributed by atoms with E-state index in [-0.39, 0.29) is 12.6 Å². The predicted octanol–water partition coefficient (Wildman–Crippen LogP) is 2.87. The molecule has 1 saturated carbocycles. The van der Waals surface area contributed by atoms with Crippen molar-refractivity contribution in [1.29, 1.82) is 0 Å². The summed E-state index contributed by atoms with van der Waals surface area (Å²) in [5.41, 5.74) is -0.346. The Hall–Kier alpha value is -2.08. The molecule has 0 bridgehead atoms. The molecule has 0 spiro atoms. The molecule has 1 aliphatic carbocycles. The van der Waals surface area contributed by atoms with E-state index in [1.54, 1.807) is 39.0 Å². The van der Waals surface area contributed by atoms with Gasteiger partial charge in [0.15, 0.2) is 5.60 Å². The van der Waals surface area contributed by atoms with E-state index in [9.17, 15) is 9.59 Å². The highest BCUT2D eigenvalue weighted by Crippen LogP contribution is 2.41. The summed E-state index contributed by atoms with van der Waals surface area (Å²) in [6, 6.07) is 5.15. The molecule has 0 aromatic heterocycles. The van der Waals surface area contributed by atoms with Crippen LogP contribution in [0, 0.1) is 0 Å². The summed E-state index contributed by atoms with van der Waals surface area (Å²) in [4.78, 5) is 24.1. The third-order valence-electron chi connectivity index (χ3n) is 3.66. The van der Waals surface area contributed by atoms with Crippen LogP contribution >= 0.6 is 0 Å². The zero-order chi connectivity index (χ0) is 18.0. The molecule has 0 saturated heterocycles. The molecule has 0 aliphatic heterocycles. The third-order valence-corrected chi connectivity index (χ3v) is 3.66. The van der Waals surface area contributed by atoms with Gasteiger partial charge in [-0.15, -0.1) is 0 Å². The molecule has 1 aromatic carbocycles. The number of benzene rings is 1. The molecular weight excluding hydrogens is 312 g/mol. The van der Waals surface area contributed by atoms with E-state index >= 15 is 0 Å². The number of hydrogen-bond acceptors (Lipinski definition) is 6. The number of methoxy groups -OCH3 is 2. The Balaban J connectivity index is 2.14. The summed E-state index contributed by atoms with van der Waals surface area (Å²) in [7, 11) is 2.84. The number of ether oxygens (including phenoxy) is 4. The maximum atomic E-state index is 12.3. The molecular formula is C18H24O6. The molecule has 0 N–H and O–H groups in total. The highest BCUT2D eigenvalue weighted by atomic mass is 16.6. The van der Waals surface area contributed by atoms with Gasteiger partial charge in [-0.25, -0.2) is 9.59 Å². The lowest BCUT2D eigenvalue weighted by molar-refractivity contribution is -0.158. The summed E-state index contributed by atoms with van der Waals surface area (Å²) in [6.07, 6.45) is 1.30. The van der Waals surface area contributed by atoms with Gasteiger partial charge in [-0.05, 0) is 51.3 Å². The highest BCUT2D eigenvalue weighted by Gasteiger charge is 2.52. The van der Waals surface area contributed by atoms with Crippen LogP contribution in [0.5, 0.6) is 5.75 Å². The summed E-state index contributed by atoms with van der Waals surface area (Å²) in [6.45, 7) is 5.61. The van der Waals surface area contributed by atoms with Crippen LogP contribution in [0.25, 0.3) is 0 Å². The average molecular weight is 336 g/mol.